The topological polar surface area (TPSA) is 12.0 Å². The van der Waals surface area contributed by atoms with Crippen LogP contribution in [0.4, 0.5) is 0 Å². The fourth-order valence-corrected chi connectivity index (χ4v) is 3.10. The van der Waals surface area contributed by atoms with Gasteiger partial charge in [-0.25, -0.2) is 0 Å². The first-order valence-electron chi connectivity index (χ1n) is 7.56. The Kier molecular flexibility index (Phi) is 7.70. The van der Waals surface area contributed by atoms with Gasteiger partial charge in [0.15, 0.2) is 0 Å². The maximum absolute atomic E-state index is 3.64. The van der Waals surface area contributed by atoms with Crippen LogP contribution in [0.5, 0.6) is 0 Å². The van der Waals surface area contributed by atoms with Crippen LogP contribution in [0.25, 0.3) is 0 Å². The van der Waals surface area contributed by atoms with E-state index in [1.807, 2.05) is 0 Å². The molecule has 2 unspecified atom stereocenters. The highest BCUT2D eigenvalue weighted by molar-refractivity contribution is 9.10. The van der Waals surface area contributed by atoms with Gasteiger partial charge in [0.2, 0.25) is 0 Å². The minimum absolute atomic E-state index is 0.472. The molecule has 0 amide bonds. The maximum atomic E-state index is 3.64. The highest BCUT2D eigenvalue weighted by Crippen LogP contribution is 2.30. The molecule has 1 N–H and O–H groups in total. The summed E-state index contributed by atoms with van der Waals surface area (Å²) in [5, 5.41) is 3.51. The molecule has 108 valence electrons. The molecular formula is C17H28BrN. The highest BCUT2D eigenvalue weighted by Gasteiger charge is 2.17. The van der Waals surface area contributed by atoms with E-state index in [4.69, 9.17) is 0 Å². The third-order valence-corrected chi connectivity index (χ3v) is 5.00. The normalized spacial score (nSPS) is 14.4. The molecule has 0 aliphatic carbocycles. The van der Waals surface area contributed by atoms with Crippen LogP contribution < -0.4 is 5.32 Å². The molecule has 0 aliphatic rings. The summed E-state index contributed by atoms with van der Waals surface area (Å²) in [5.41, 5.74) is 2.80. The van der Waals surface area contributed by atoms with Gasteiger partial charge in [0, 0.05) is 10.5 Å². The molecule has 0 spiro atoms. The molecule has 1 nitrogen and oxygen atoms in total. The second kappa shape index (κ2) is 8.76. The molecule has 0 fully saturated rings. The van der Waals surface area contributed by atoms with E-state index in [1.165, 1.54) is 47.7 Å². The van der Waals surface area contributed by atoms with Crippen molar-refractivity contribution in [3.05, 3.63) is 33.8 Å². The smallest absolute Gasteiger partial charge is 0.0323 e. The molecule has 1 aromatic carbocycles. The van der Waals surface area contributed by atoms with Crippen LogP contribution in [-0.4, -0.2) is 7.05 Å². The van der Waals surface area contributed by atoms with E-state index >= 15 is 0 Å². The summed E-state index contributed by atoms with van der Waals surface area (Å²) in [6.07, 6.45) is 6.54. The zero-order chi connectivity index (χ0) is 14.3. The lowest BCUT2D eigenvalue weighted by atomic mass is 9.88. The van der Waals surface area contributed by atoms with Crippen LogP contribution in [-0.2, 0) is 0 Å². The standard InChI is InChI=1S/C17H28BrN/c1-5-7-9-14(6-2)12-17(19-4)15-10-8-11-16(18)13(15)3/h8,10-11,14,17,19H,5-7,9,12H2,1-4H3. The number of nitrogens with one attached hydrogen (secondary N) is 1. The second-order valence-electron chi connectivity index (χ2n) is 5.45. The zero-order valence-electron chi connectivity index (χ0n) is 12.8. The molecule has 19 heavy (non-hydrogen) atoms. The Hall–Kier alpha value is -0.340. The van der Waals surface area contributed by atoms with E-state index in [9.17, 15) is 0 Å². The summed E-state index contributed by atoms with van der Waals surface area (Å²) in [7, 11) is 2.08. The van der Waals surface area contributed by atoms with Crippen LogP contribution in [0.1, 0.15) is 63.1 Å². The van der Waals surface area contributed by atoms with Gasteiger partial charge in [-0.05, 0) is 43.5 Å². The van der Waals surface area contributed by atoms with Crippen molar-refractivity contribution in [3.63, 3.8) is 0 Å². The van der Waals surface area contributed by atoms with Crippen molar-refractivity contribution in [1.29, 1.82) is 0 Å². The van der Waals surface area contributed by atoms with E-state index in [0.29, 0.717) is 6.04 Å². The van der Waals surface area contributed by atoms with Crippen molar-refractivity contribution in [2.45, 2.75) is 58.9 Å². The first-order valence-corrected chi connectivity index (χ1v) is 8.35. The predicted octanol–water partition coefficient (Wildman–Crippen LogP) is 5.62. The van der Waals surface area contributed by atoms with Gasteiger partial charge in [-0.2, -0.15) is 0 Å². The molecule has 0 aliphatic heterocycles. The van der Waals surface area contributed by atoms with Crippen molar-refractivity contribution < 1.29 is 0 Å². The van der Waals surface area contributed by atoms with E-state index < -0.39 is 0 Å². The monoisotopic (exact) mass is 325 g/mol. The lowest BCUT2D eigenvalue weighted by Crippen LogP contribution is -2.21. The first kappa shape index (κ1) is 16.7. The molecule has 1 rings (SSSR count). The molecule has 0 aromatic heterocycles. The molecule has 0 radical (unpaired) electrons. The number of halogens is 1. The third-order valence-electron chi connectivity index (χ3n) is 4.15. The van der Waals surface area contributed by atoms with Gasteiger partial charge >= 0.3 is 0 Å². The van der Waals surface area contributed by atoms with E-state index in [1.54, 1.807) is 0 Å². The Bertz CT molecular complexity index is 376. The van der Waals surface area contributed by atoms with Crippen molar-refractivity contribution >= 4 is 15.9 Å². The van der Waals surface area contributed by atoms with Crippen LogP contribution in [0.2, 0.25) is 0 Å². The van der Waals surface area contributed by atoms with E-state index in [2.05, 4.69) is 67.3 Å². The molecule has 0 bridgehead atoms. The lowest BCUT2D eigenvalue weighted by Gasteiger charge is -2.24. The first-order chi connectivity index (χ1) is 9.13. The number of hydrogen-bond acceptors (Lipinski definition) is 1. The van der Waals surface area contributed by atoms with Gasteiger partial charge in [0.1, 0.15) is 0 Å². The Morgan fingerprint density at radius 2 is 2.00 bits per heavy atom. The number of benzene rings is 1. The van der Waals surface area contributed by atoms with Gasteiger partial charge in [0.25, 0.3) is 0 Å². The number of hydrogen-bond donors (Lipinski definition) is 1. The highest BCUT2D eigenvalue weighted by atomic mass is 79.9. The van der Waals surface area contributed by atoms with Gasteiger partial charge in [-0.1, -0.05) is 67.6 Å². The minimum Gasteiger partial charge on any atom is -0.313 e. The van der Waals surface area contributed by atoms with Crippen LogP contribution in [0.15, 0.2) is 22.7 Å². The average Bonchev–Trinajstić information content (AvgIpc) is 2.43. The molecular weight excluding hydrogens is 298 g/mol. The van der Waals surface area contributed by atoms with Gasteiger partial charge in [-0.3, -0.25) is 0 Å². The SMILES string of the molecule is CCCCC(CC)CC(NC)c1cccc(Br)c1C. The van der Waals surface area contributed by atoms with Gasteiger partial charge in [-0.15, -0.1) is 0 Å². The Balaban J connectivity index is 2.79. The number of rotatable bonds is 8. The molecule has 0 saturated carbocycles. The maximum Gasteiger partial charge on any atom is 0.0323 e. The second-order valence-corrected chi connectivity index (χ2v) is 6.30. The van der Waals surface area contributed by atoms with Crippen LogP contribution in [0.3, 0.4) is 0 Å². The quantitative estimate of drug-likeness (QED) is 0.653. The summed E-state index contributed by atoms with van der Waals surface area (Å²) in [5.74, 6) is 0.829. The molecule has 0 saturated heterocycles. The van der Waals surface area contributed by atoms with Gasteiger partial charge in [0.05, 0.1) is 0 Å². The summed E-state index contributed by atoms with van der Waals surface area (Å²) < 4.78 is 1.21. The third kappa shape index (κ3) is 4.92. The Labute approximate surface area is 127 Å². The minimum atomic E-state index is 0.472. The summed E-state index contributed by atoms with van der Waals surface area (Å²) in [4.78, 5) is 0. The predicted molar refractivity (Wildman–Crippen MR) is 88.6 cm³/mol. The van der Waals surface area contributed by atoms with Gasteiger partial charge < -0.3 is 5.32 Å². The van der Waals surface area contributed by atoms with E-state index in [0.717, 1.165) is 5.92 Å². The average molecular weight is 326 g/mol. The number of unbranched alkanes of at least 4 members (excludes halogenated alkanes) is 1. The molecule has 1 aromatic rings. The summed E-state index contributed by atoms with van der Waals surface area (Å²) >= 11 is 3.64. The largest absolute Gasteiger partial charge is 0.313 e. The molecule has 2 atom stereocenters. The summed E-state index contributed by atoms with van der Waals surface area (Å²) in [6, 6.07) is 7.00. The van der Waals surface area contributed by atoms with Crippen molar-refractivity contribution in [1.82, 2.24) is 5.32 Å². The molecule has 0 heterocycles. The van der Waals surface area contributed by atoms with Crippen LogP contribution in [0, 0.1) is 12.8 Å². The van der Waals surface area contributed by atoms with E-state index in [-0.39, 0.29) is 0 Å². The molecule has 2 heteroatoms. The summed E-state index contributed by atoms with van der Waals surface area (Å²) in [6.45, 7) is 6.80. The van der Waals surface area contributed by atoms with Crippen molar-refractivity contribution in [2.75, 3.05) is 7.05 Å². The fourth-order valence-electron chi connectivity index (χ4n) is 2.72. The Morgan fingerprint density at radius 1 is 1.26 bits per heavy atom. The van der Waals surface area contributed by atoms with Crippen molar-refractivity contribution in [3.8, 4) is 0 Å². The Morgan fingerprint density at radius 3 is 2.58 bits per heavy atom. The lowest BCUT2D eigenvalue weighted by molar-refractivity contribution is 0.364. The van der Waals surface area contributed by atoms with Crippen molar-refractivity contribution in [2.24, 2.45) is 5.92 Å². The zero-order valence-corrected chi connectivity index (χ0v) is 14.4. The van der Waals surface area contributed by atoms with Crippen LogP contribution >= 0.6 is 15.9 Å². The fraction of sp³-hybridized carbons (Fsp3) is 0.647.